The van der Waals surface area contributed by atoms with Gasteiger partial charge in [-0.15, -0.1) is 0 Å². The van der Waals surface area contributed by atoms with Gasteiger partial charge in [-0.3, -0.25) is 9.69 Å². The largest absolute Gasteiger partial charge is 0.356 e. The third-order valence-electron chi connectivity index (χ3n) is 5.78. The molecule has 28 heavy (non-hydrogen) atoms. The van der Waals surface area contributed by atoms with E-state index in [-0.39, 0.29) is 5.91 Å². The first-order valence-electron chi connectivity index (χ1n) is 10.3. The predicted molar refractivity (Wildman–Crippen MR) is 115 cm³/mol. The molecule has 3 heteroatoms. The zero-order chi connectivity index (χ0) is 19.2. The Bertz CT molecular complexity index is 909. The van der Waals surface area contributed by atoms with Gasteiger partial charge in [0.05, 0.1) is 6.42 Å². The second-order valence-electron chi connectivity index (χ2n) is 7.82. The molecular formula is C25H28N2O. The van der Waals surface area contributed by atoms with Crippen LogP contribution in [0.2, 0.25) is 0 Å². The summed E-state index contributed by atoms with van der Waals surface area (Å²) in [5.74, 6) is 0.714. The summed E-state index contributed by atoms with van der Waals surface area (Å²) in [4.78, 5) is 15.0. The summed E-state index contributed by atoms with van der Waals surface area (Å²) < 4.78 is 0. The maximum atomic E-state index is 12.5. The van der Waals surface area contributed by atoms with Gasteiger partial charge in [0.2, 0.25) is 5.91 Å². The van der Waals surface area contributed by atoms with Crippen LogP contribution in [-0.2, 0) is 17.8 Å². The van der Waals surface area contributed by atoms with Crippen molar-refractivity contribution in [1.82, 2.24) is 10.2 Å². The van der Waals surface area contributed by atoms with Crippen molar-refractivity contribution in [1.29, 1.82) is 0 Å². The average molecular weight is 373 g/mol. The molecular weight excluding hydrogens is 344 g/mol. The predicted octanol–water partition coefficient (Wildman–Crippen LogP) is 4.41. The van der Waals surface area contributed by atoms with Gasteiger partial charge in [0, 0.05) is 13.1 Å². The lowest BCUT2D eigenvalue weighted by Crippen LogP contribution is -2.38. The van der Waals surface area contributed by atoms with Crippen LogP contribution in [0.5, 0.6) is 0 Å². The average Bonchev–Trinajstić information content (AvgIpc) is 2.74. The van der Waals surface area contributed by atoms with Crippen LogP contribution >= 0.6 is 0 Å². The van der Waals surface area contributed by atoms with Gasteiger partial charge >= 0.3 is 0 Å². The van der Waals surface area contributed by atoms with Crippen LogP contribution in [0.3, 0.4) is 0 Å². The Morgan fingerprint density at radius 2 is 1.61 bits per heavy atom. The molecule has 3 aromatic carbocycles. The number of nitrogens with one attached hydrogen (secondary N) is 1. The fraction of sp³-hybridized carbons (Fsp3) is 0.320. The van der Waals surface area contributed by atoms with Crippen LogP contribution in [-0.4, -0.2) is 30.4 Å². The summed E-state index contributed by atoms with van der Waals surface area (Å²) in [6.45, 7) is 4.04. The van der Waals surface area contributed by atoms with Crippen LogP contribution < -0.4 is 5.32 Å². The van der Waals surface area contributed by atoms with E-state index in [4.69, 9.17) is 0 Å². The Labute approximate surface area is 167 Å². The van der Waals surface area contributed by atoms with Gasteiger partial charge in [0.1, 0.15) is 0 Å². The molecule has 1 amide bonds. The second-order valence-corrected chi connectivity index (χ2v) is 7.82. The number of likely N-dealkylation sites (tertiary alicyclic amines) is 1. The molecule has 4 rings (SSSR count). The molecule has 3 nitrogen and oxygen atoms in total. The Balaban J connectivity index is 1.23. The van der Waals surface area contributed by atoms with Gasteiger partial charge in [0.25, 0.3) is 0 Å². The number of fused-ring (bicyclic) bond motifs is 1. The van der Waals surface area contributed by atoms with E-state index in [1.165, 1.54) is 16.3 Å². The molecule has 3 aromatic rings. The molecule has 1 fully saturated rings. The fourth-order valence-corrected chi connectivity index (χ4v) is 4.13. The van der Waals surface area contributed by atoms with E-state index in [1.807, 2.05) is 18.2 Å². The van der Waals surface area contributed by atoms with E-state index in [2.05, 4.69) is 64.8 Å². The number of nitrogens with zero attached hydrogens (tertiary/aromatic N) is 1. The highest BCUT2D eigenvalue weighted by Crippen LogP contribution is 2.20. The standard InChI is InChI=1S/C25H28N2O/c28-25(17-23-11-6-10-22-9-4-5-12-24(22)23)26-18-20-13-15-27(16-14-20)19-21-7-2-1-3-8-21/h1-12,20H,13-19H2,(H,26,28). The molecule has 0 unspecified atom stereocenters. The maximum Gasteiger partial charge on any atom is 0.224 e. The van der Waals surface area contributed by atoms with Crippen LogP contribution in [0.4, 0.5) is 0 Å². The van der Waals surface area contributed by atoms with Gasteiger partial charge < -0.3 is 5.32 Å². The number of benzene rings is 3. The third kappa shape index (κ3) is 4.79. The fourth-order valence-electron chi connectivity index (χ4n) is 4.13. The van der Waals surface area contributed by atoms with Crippen molar-refractivity contribution in [3.05, 3.63) is 83.9 Å². The van der Waals surface area contributed by atoms with Crippen LogP contribution in [0.25, 0.3) is 10.8 Å². The number of amides is 1. The monoisotopic (exact) mass is 372 g/mol. The number of rotatable bonds is 6. The van der Waals surface area contributed by atoms with Crippen molar-refractivity contribution >= 4 is 16.7 Å². The molecule has 0 atom stereocenters. The van der Waals surface area contributed by atoms with Gasteiger partial charge in [0.15, 0.2) is 0 Å². The molecule has 0 radical (unpaired) electrons. The van der Waals surface area contributed by atoms with Gasteiger partial charge in [-0.05, 0) is 53.7 Å². The highest BCUT2D eigenvalue weighted by Gasteiger charge is 2.19. The summed E-state index contributed by atoms with van der Waals surface area (Å²) in [6, 6.07) is 25.1. The highest BCUT2D eigenvalue weighted by molar-refractivity contribution is 5.90. The molecule has 0 bridgehead atoms. The van der Waals surface area contributed by atoms with Crippen molar-refractivity contribution in [2.24, 2.45) is 5.92 Å². The molecule has 144 valence electrons. The maximum absolute atomic E-state index is 12.5. The lowest BCUT2D eigenvalue weighted by Gasteiger charge is -2.32. The van der Waals surface area contributed by atoms with Crippen molar-refractivity contribution in [3.8, 4) is 0 Å². The second kappa shape index (κ2) is 9.03. The molecule has 1 aliphatic heterocycles. The summed E-state index contributed by atoms with van der Waals surface area (Å²) in [5.41, 5.74) is 2.48. The molecule has 1 N–H and O–H groups in total. The minimum absolute atomic E-state index is 0.128. The SMILES string of the molecule is O=C(Cc1cccc2ccccc12)NCC1CCN(Cc2ccccc2)CC1. The summed E-state index contributed by atoms with van der Waals surface area (Å²) in [7, 11) is 0. The van der Waals surface area contributed by atoms with Crippen molar-refractivity contribution in [2.75, 3.05) is 19.6 Å². The summed E-state index contributed by atoms with van der Waals surface area (Å²) >= 11 is 0. The molecule has 0 saturated carbocycles. The zero-order valence-electron chi connectivity index (χ0n) is 16.3. The number of hydrogen-bond donors (Lipinski definition) is 1. The van der Waals surface area contributed by atoms with E-state index >= 15 is 0 Å². The van der Waals surface area contributed by atoms with Gasteiger partial charge in [-0.25, -0.2) is 0 Å². The normalized spacial score (nSPS) is 15.6. The molecule has 0 spiro atoms. The molecule has 1 saturated heterocycles. The topological polar surface area (TPSA) is 32.3 Å². The van der Waals surface area contributed by atoms with E-state index in [1.54, 1.807) is 0 Å². The van der Waals surface area contributed by atoms with E-state index in [9.17, 15) is 4.79 Å². The minimum Gasteiger partial charge on any atom is -0.356 e. The first-order valence-corrected chi connectivity index (χ1v) is 10.3. The summed E-state index contributed by atoms with van der Waals surface area (Å²) in [6.07, 6.45) is 2.76. The summed E-state index contributed by atoms with van der Waals surface area (Å²) in [5, 5.41) is 5.54. The molecule has 0 aromatic heterocycles. The number of carbonyl (C=O) groups is 1. The Hall–Kier alpha value is -2.65. The molecule has 1 heterocycles. The third-order valence-corrected chi connectivity index (χ3v) is 5.78. The van der Waals surface area contributed by atoms with Crippen molar-refractivity contribution in [3.63, 3.8) is 0 Å². The van der Waals surface area contributed by atoms with Crippen molar-refractivity contribution < 1.29 is 4.79 Å². The minimum atomic E-state index is 0.128. The highest BCUT2D eigenvalue weighted by atomic mass is 16.1. The Morgan fingerprint density at radius 1 is 0.893 bits per heavy atom. The molecule has 1 aliphatic rings. The van der Waals surface area contributed by atoms with Crippen LogP contribution in [0, 0.1) is 5.92 Å². The molecule has 0 aliphatic carbocycles. The lowest BCUT2D eigenvalue weighted by atomic mass is 9.96. The number of carbonyl (C=O) groups excluding carboxylic acids is 1. The van der Waals surface area contributed by atoms with Crippen molar-refractivity contribution in [2.45, 2.75) is 25.8 Å². The van der Waals surface area contributed by atoms with E-state index in [0.717, 1.165) is 44.6 Å². The number of hydrogen-bond acceptors (Lipinski definition) is 2. The first-order chi connectivity index (χ1) is 13.8. The van der Waals surface area contributed by atoms with Gasteiger partial charge in [-0.1, -0.05) is 72.8 Å². The van der Waals surface area contributed by atoms with Gasteiger partial charge in [-0.2, -0.15) is 0 Å². The smallest absolute Gasteiger partial charge is 0.224 e. The van der Waals surface area contributed by atoms with E-state index < -0.39 is 0 Å². The zero-order valence-corrected chi connectivity index (χ0v) is 16.3. The quantitative estimate of drug-likeness (QED) is 0.695. The Kier molecular flexibility index (Phi) is 6.03. The lowest BCUT2D eigenvalue weighted by molar-refractivity contribution is -0.120. The van der Waals surface area contributed by atoms with E-state index in [0.29, 0.717) is 12.3 Å². The first kappa shape index (κ1) is 18.7. The van der Waals surface area contributed by atoms with Crippen LogP contribution in [0.1, 0.15) is 24.0 Å². The van der Waals surface area contributed by atoms with Crippen LogP contribution in [0.15, 0.2) is 72.8 Å². The Morgan fingerprint density at radius 3 is 2.43 bits per heavy atom. The number of piperidine rings is 1.